The first kappa shape index (κ1) is 20.7. The van der Waals surface area contributed by atoms with Crippen LogP contribution in [0.25, 0.3) is 0 Å². The molecule has 1 saturated heterocycles. The van der Waals surface area contributed by atoms with Gasteiger partial charge in [0, 0.05) is 36.5 Å². The Morgan fingerprint density at radius 3 is 2.38 bits per heavy atom. The number of piperidine rings is 1. The maximum atomic E-state index is 12.7. The van der Waals surface area contributed by atoms with Crippen molar-refractivity contribution in [3.8, 4) is 0 Å². The van der Waals surface area contributed by atoms with Crippen LogP contribution in [-0.2, 0) is 0 Å². The highest BCUT2D eigenvalue weighted by Gasteiger charge is 2.24. The van der Waals surface area contributed by atoms with Crippen molar-refractivity contribution in [2.45, 2.75) is 45.2 Å². The molecule has 0 saturated carbocycles. The van der Waals surface area contributed by atoms with Crippen molar-refractivity contribution in [1.29, 1.82) is 0 Å². The summed E-state index contributed by atoms with van der Waals surface area (Å²) in [4.78, 5) is 27.1. The van der Waals surface area contributed by atoms with E-state index in [1.807, 2.05) is 61.5 Å². The van der Waals surface area contributed by atoms with Gasteiger partial charge in [0.1, 0.15) is 0 Å². The lowest BCUT2D eigenvalue weighted by Gasteiger charge is -2.35. The zero-order chi connectivity index (χ0) is 20.6. The molecule has 1 aliphatic rings. The first-order chi connectivity index (χ1) is 14.1. The summed E-state index contributed by atoms with van der Waals surface area (Å²) in [6.45, 7) is 5.66. The number of amides is 3. The number of carbonyl (C=O) groups is 2. The third-order valence-electron chi connectivity index (χ3n) is 5.34. The van der Waals surface area contributed by atoms with E-state index in [-0.39, 0.29) is 24.0 Å². The van der Waals surface area contributed by atoms with Gasteiger partial charge >= 0.3 is 6.03 Å². The highest BCUT2D eigenvalue weighted by Crippen LogP contribution is 2.24. The maximum absolute atomic E-state index is 12.7. The molecule has 1 atom stereocenters. The summed E-state index contributed by atoms with van der Waals surface area (Å²) in [5.41, 5.74) is 2.45. The van der Waals surface area contributed by atoms with Crippen LogP contribution < -0.4 is 20.9 Å². The molecule has 1 unspecified atom stereocenters. The molecule has 0 radical (unpaired) electrons. The molecule has 3 N–H and O–H groups in total. The lowest BCUT2D eigenvalue weighted by Crippen LogP contribution is -2.46. The Morgan fingerprint density at radius 1 is 1.03 bits per heavy atom. The fourth-order valence-corrected chi connectivity index (χ4v) is 3.48. The largest absolute Gasteiger partial charge is 0.371 e. The number of benzene rings is 2. The second-order valence-corrected chi connectivity index (χ2v) is 7.53. The van der Waals surface area contributed by atoms with E-state index in [0.29, 0.717) is 5.56 Å². The molecule has 0 bridgehead atoms. The fourth-order valence-electron chi connectivity index (χ4n) is 3.48. The number of hydrogen-bond acceptors (Lipinski definition) is 3. The van der Waals surface area contributed by atoms with Gasteiger partial charge in [0.15, 0.2) is 0 Å². The Balaban J connectivity index is 1.55. The molecule has 6 nitrogen and oxygen atoms in total. The van der Waals surface area contributed by atoms with E-state index in [0.717, 1.165) is 43.7 Å². The third kappa shape index (κ3) is 5.73. The summed E-state index contributed by atoms with van der Waals surface area (Å²) in [6.07, 6.45) is 2.57. The molecule has 2 aromatic carbocycles. The summed E-state index contributed by atoms with van der Waals surface area (Å²) in [7, 11) is 0. The van der Waals surface area contributed by atoms with Crippen LogP contribution in [0.5, 0.6) is 0 Å². The van der Waals surface area contributed by atoms with Crippen LogP contribution in [0.4, 0.5) is 16.2 Å². The summed E-state index contributed by atoms with van der Waals surface area (Å²) in [5, 5.41) is 8.97. The predicted octanol–water partition coefficient (Wildman–Crippen LogP) is 4.01. The van der Waals surface area contributed by atoms with Crippen molar-refractivity contribution in [2.24, 2.45) is 0 Å². The van der Waals surface area contributed by atoms with Gasteiger partial charge in [-0.1, -0.05) is 37.3 Å². The number of hydrogen-bond donors (Lipinski definition) is 3. The van der Waals surface area contributed by atoms with E-state index in [9.17, 15) is 9.59 Å². The molecular formula is C23H30N4O2. The molecule has 3 rings (SSSR count). The first-order valence-electron chi connectivity index (χ1n) is 10.3. The molecule has 6 heteroatoms. The molecule has 2 aromatic rings. The lowest BCUT2D eigenvalue weighted by atomic mass is 10.0. The normalized spacial score (nSPS) is 15.4. The van der Waals surface area contributed by atoms with E-state index in [4.69, 9.17) is 0 Å². The Hall–Kier alpha value is -3.02. The van der Waals surface area contributed by atoms with E-state index >= 15 is 0 Å². The third-order valence-corrected chi connectivity index (χ3v) is 5.34. The van der Waals surface area contributed by atoms with Crippen molar-refractivity contribution < 1.29 is 9.59 Å². The van der Waals surface area contributed by atoms with Crippen molar-refractivity contribution in [3.05, 3.63) is 60.2 Å². The summed E-state index contributed by atoms with van der Waals surface area (Å²) in [5.74, 6) is -0.0302. The van der Waals surface area contributed by atoms with Crippen molar-refractivity contribution in [3.63, 3.8) is 0 Å². The van der Waals surface area contributed by atoms with Crippen LogP contribution >= 0.6 is 0 Å². The molecule has 1 heterocycles. The number of carbonyl (C=O) groups excluding carboxylic acids is 2. The topological polar surface area (TPSA) is 73.5 Å². The maximum Gasteiger partial charge on any atom is 0.319 e. The zero-order valence-electron chi connectivity index (χ0n) is 17.2. The molecule has 154 valence electrons. The number of para-hydroxylation sites is 2. The number of urea groups is 1. The van der Waals surface area contributed by atoms with Crippen molar-refractivity contribution in [1.82, 2.24) is 10.6 Å². The molecule has 1 fully saturated rings. The summed E-state index contributed by atoms with van der Waals surface area (Å²) < 4.78 is 0. The first-order valence-corrected chi connectivity index (χ1v) is 10.3. The number of nitrogens with zero attached hydrogens (tertiary/aromatic N) is 1. The average Bonchev–Trinajstić information content (AvgIpc) is 2.75. The van der Waals surface area contributed by atoms with E-state index in [1.54, 1.807) is 0 Å². The highest BCUT2D eigenvalue weighted by molar-refractivity contribution is 6.00. The molecule has 29 heavy (non-hydrogen) atoms. The smallest absolute Gasteiger partial charge is 0.319 e. The standard InChI is InChI=1S/C23H30N4O2/c1-3-17(2)24-22(28)20-11-7-8-12-21(20)27-15-13-19(14-16-27)26-23(29)25-18-9-5-4-6-10-18/h4-12,17,19H,3,13-16H2,1-2H3,(H,24,28)(H2,25,26,29). The van der Waals surface area contributed by atoms with E-state index < -0.39 is 0 Å². The summed E-state index contributed by atoms with van der Waals surface area (Å²) in [6, 6.07) is 17.3. The quantitative estimate of drug-likeness (QED) is 0.693. The van der Waals surface area contributed by atoms with E-state index in [1.165, 1.54) is 0 Å². The average molecular weight is 395 g/mol. The van der Waals surface area contributed by atoms with Crippen molar-refractivity contribution in [2.75, 3.05) is 23.3 Å². The SMILES string of the molecule is CCC(C)NC(=O)c1ccccc1N1CCC(NC(=O)Nc2ccccc2)CC1. The molecule has 0 spiro atoms. The van der Waals surface area contributed by atoms with Gasteiger partial charge in [-0.05, 0) is 50.5 Å². The summed E-state index contributed by atoms with van der Waals surface area (Å²) >= 11 is 0. The number of nitrogens with one attached hydrogen (secondary N) is 3. The Kier molecular flexibility index (Phi) is 7.11. The second-order valence-electron chi connectivity index (χ2n) is 7.53. The Bertz CT molecular complexity index is 817. The predicted molar refractivity (Wildman–Crippen MR) is 117 cm³/mol. The van der Waals surface area contributed by atoms with Crippen LogP contribution in [0.3, 0.4) is 0 Å². The molecular weight excluding hydrogens is 364 g/mol. The Morgan fingerprint density at radius 2 is 1.69 bits per heavy atom. The van der Waals surface area contributed by atoms with Gasteiger partial charge in [0.25, 0.3) is 5.91 Å². The van der Waals surface area contributed by atoms with Crippen LogP contribution in [-0.4, -0.2) is 37.1 Å². The van der Waals surface area contributed by atoms with Gasteiger partial charge in [-0.25, -0.2) is 4.79 Å². The molecule has 0 aromatic heterocycles. The van der Waals surface area contributed by atoms with E-state index in [2.05, 4.69) is 27.8 Å². The monoisotopic (exact) mass is 394 g/mol. The zero-order valence-corrected chi connectivity index (χ0v) is 17.2. The minimum absolute atomic E-state index is 0.0302. The number of anilines is 2. The minimum Gasteiger partial charge on any atom is -0.371 e. The Labute approximate surface area is 172 Å². The number of rotatable bonds is 6. The molecule has 3 amide bonds. The molecule has 0 aliphatic carbocycles. The van der Waals surface area contributed by atoms with Crippen LogP contribution in [0.1, 0.15) is 43.5 Å². The fraction of sp³-hybridized carbons (Fsp3) is 0.391. The van der Waals surface area contributed by atoms with Gasteiger partial charge in [0.05, 0.1) is 5.56 Å². The van der Waals surface area contributed by atoms with Crippen molar-refractivity contribution >= 4 is 23.3 Å². The van der Waals surface area contributed by atoms with Gasteiger partial charge in [-0.3, -0.25) is 4.79 Å². The van der Waals surface area contributed by atoms with Crippen LogP contribution in [0.2, 0.25) is 0 Å². The van der Waals surface area contributed by atoms with Crippen LogP contribution in [0.15, 0.2) is 54.6 Å². The van der Waals surface area contributed by atoms with Gasteiger partial charge in [0.2, 0.25) is 0 Å². The van der Waals surface area contributed by atoms with Gasteiger partial charge in [-0.2, -0.15) is 0 Å². The lowest BCUT2D eigenvalue weighted by molar-refractivity contribution is 0.0939. The van der Waals surface area contributed by atoms with Gasteiger partial charge in [-0.15, -0.1) is 0 Å². The minimum atomic E-state index is -0.178. The second kappa shape index (κ2) is 9.96. The van der Waals surface area contributed by atoms with Crippen LogP contribution in [0, 0.1) is 0 Å². The highest BCUT2D eigenvalue weighted by atomic mass is 16.2. The molecule has 1 aliphatic heterocycles. The van der Waals surface area contributed by atoms with Gasteiger partial charge < -0.3 is 20.9 Å².